The second-order valence-electron chi connectivity index (χ2n) is 14.2. The average molecular weight is 822 g/mol. The molecule has 6 heteroatoms. The molecule has 0 aliphatic heterocycles. The molecule has 280 valence electrons. The van der Waals surface area contributed by atoms with Gasteiger partial charge in [0.2, 0.25) is 0 Å². The molecule has 0 saturated carbocycles. The first kappa shape index (κ1) is 46.5. The minimum atomic E-state index is -4.81. The van der Waals surface area contributed by atoms with Crippen LogP contribution < -0.4 is 0 Å². The van der Waals surface area contributed by atoms with E-state index >= 15 is 0 Å². The number of rotatable bonds is 35. The molecule has 0 unspecified atom stereocenters. The molecule has 0 amide bonds. The van der Waals surface area contributed by atoms with Gasteiger partial charge in [0.25, 0.3) is 0 Å². The van der Waals surface area contributed by atoms with E-state index in [1.807, 2.05) is 0 Å². The Hall–Kier alpha value is 0.540. The third-order valence-electron chi connectivity index (χ3n) is 10.2. The molecule has 46 heavy (non-hydrogen) atoms. The van der Waals surface area contributed by atoms with Crippen LogP contribution in [0.5, 0.6) is 0 Å². The van der Waals surface area contributed by atoms with Gasteiger partial charge in [0, 0.05) is 0 Å². The summed E-state index contributed by atoms with van der Waals surface area (Å²) in [5.41, 5.74) is 0. The van der Waals surface area contributed by atoms with Gasteiger partial charge in [0.05, 0.1) is 0 Å². The van der Waals surface area contributed by atoms with Crippen LogP contribution in [0, 0.1) is 0 Å². The van der Waals surface area contributed by atoms with E-state index in [-0.39, 0.29) is 0 Å². The molecule has 0 fully saturated rings. The van der Waals surface area contributed by atoms with Crippen LogP contribution >= 0.6 is 0 Å². The van der Waals surface area contributed by atoms with Crippen LogP contribution in [0.3, 0.4) is 0 Å². The number of unbranched alkanes of at least 4 members (excludes halogenated alkanes) is 10. The molecule has 0 aliphatic rings. The van der Waals surface area contributed by atoms with Gasteiger partial charge in [-0.1, -0.05) is 0 Å². The van der Waals surface area contributed by atoms with Gasteiger partial charge in [-0.15, -0.1) is 0 Å². The van der Waals surface area contributed by atoms with E-state index in [1.54, 1.807) is 0 Å². The first-order valence-corrected chi connectivity index (χ1v) is 28.4. The third kappa shape index (κ3) is 13.0. The summed E-state index contributed by atoms with van der Waals surface area (Å²) in [5.74, 6) is 0. The normalized spacial score (nSPS) is 13.6. The Labute approximate surface area is 295 Å². The third-order valence-corrected chi connectivity index (χ3v) is 35.6. The fourth-order valence-corrected chi connectivity index (χ4v) is 38.3. The molecule has 0 aromatic heterocycles. The van der Waals surface area contributed by atoms with Crippen molar-refractivity contribution in [1.82, 2.24) is 16.5 Å². The first-order chi connectivity index (χ1) is 22.4. The van der Waals surface area contributed by atoms with Crippen molar-refractivity contribution in [2.24, 2.45) is 0 Å². The molecule has 0 N–H and O–H groups in total. The first-order valence-electron chi connectivity index (χ1n) is 21.2. The summed E-state index contributed by atoms with van der Waals surface area (Å²) in [4.78, 5) is 0. The van der Waals surface area contributed by atoms with Gasteiger partial charge in [-0.25, -0.2) is 0 Å². The zero-order chi connectivity index (χ0) is 34.5. The number of hydrogen-bond acceptors (Lipinski definition) is 5. The molecule has 0 saturated heterocycles. The molecule has 0 aliphatic carbocycles. The maximum absolute atomic E-state index is 4.81. The van der Waals surface area contributed by atoms with Gasteiger partial charge in [0.1, 0.15) is 0 Å². The Morgan fingerprint density at radius 3 is 0.413 bits per heavy atom. The molecule has 0 spiro atoms. The van der Waals surface area contributed by atoms with E-state index in [4.69, 9.17) is 0 Å². The monoisotopic (exact) mass is 822 g/mol. The topological polar surface area (TPSA) is 16.2 Å². The summed E-state index contributed by atoms with van der Waals surface area (Å²) in [6.45, 7) is 37.2. The number of hydrogen-bond donors (Lipinski definition) is 0. The van der Waals surface area contributed by atoms with Crippen LogP contribution in [-0.4, -0.2) is 82.0 Å². The van der Waals surface area contributed by atoms with Crippen LogP contribution in [0.2, 0.25) is 0 Å². The second kappa shape index (κ2) is 29.3. The Morgan fingerprint density at radius 2 is 0.326 bits per heavy atom. The Morgan fingerprint density at radius 1 is 0.217 bits per heavy atom. The predicted octanol–water partition coefficient (Wildman–Crippen LogP) is 11.8. The molecule has 0 aromatic rings. The second-order valence-corrected chi connectivity index (χ2v) is 30.8. The van der Waals surface area contributed by atoms with Crippen molar-refractivity contribution in [1.29, 1.82) is 0 Å². The van der Waals surface area contributed by atoms with E-state index in [0.717, 1.165) is 0 Å². The Balaban J connectivity index is 8.82. The van der Waals surface area contributed by atoms with Crippen LogP contribution in [0.1, 0.15) is 198 Å². The van der Waals surface area contributed by atoms with Crippen LogP contribution in [0.15, 0.2) is 0 Å². The van der Waals surface area contributed by atoms with Gasteiger partial charge >= 0.3 is 297 Å². The Kier molecular flexibility index (Phi) is 29.6. The summed E-state index contributed by atoms with van der Waals surface area (Å²) in [5, 5.41) is 0. The average Bonchev–Trinajstić information content (AvgIpc) is 3.07. The number of nitrogens with zero attached hydrogens (tertiary/aromatic N) is 5. The van der Waals surface area contributed by atoms with Crippen molar-refractivity contribution in [2.75, 3.05) is 65.4 Å². The standard InChI is InChI=1S/5C8H18N.Ta/c5*1-3-5-7-9-8-6-4-2;/h5*3-8H2,1-2H3;/q5*-1;+5. The molecular formula is C40H90N5Ta. The quantitative estimate of drug-likeness (QED) is 0.0631. The van der Waals surface area contributed by atoms with Gasteiger partial charge in [0.15, 0.2) is 0 Å². The van der Waals surface area contributed by atoms with E-state index < -0.39 is 17.1 Å². The fourth-order valence-electron chi connectivity index (χ4n) is 7.54. The van der Waals surface area contributed by atoms with E-state index in [2.05, 4.69) is 85.8 Å². The summed E-state index contributed by atoms with van der Waals surface area (Å²) >= 11 is -4.81. The molecule has 5 nitrogen and oxygen atoms in total. The van der Waals surface area contributed by atoms with Crippen molar-refractivity contribution < 1.29 is 17.1 Å². The zero-order valence-corrected chi connectivity index (χ0v) is 37.1. The van der Waals surface area contributed by atoms with Crippen LogP contribution in [-0.2, 0) is 17.1 Å². The predicted molar refractivity (Wildman–Crippen MR) is 207 cm³/mol. The van der Waals surface area contributed by atoms with Gasteiger partial charge < -0.3 is 0 Å². The van der Waals surface area contributed by atoms with Crippen molar-refractivity contribution in [3.8, 4) is 0 Å². The molecule has 0 rings (SSSR count). The van der Waals surface area contributed by atoms with E-state index in [0.29, 0.717) is 0 Å². The molecule has 0 atom stereocenters. The molecular weight excluding hydrogens is 731 g/mol. The summed E-state index contributed by atoms with van der Waals surface area (Å²) in [7, 11) is 0. The van der Waals surface area contributed by atoms with Crippen molar-refractivity contribution >= 4 is 0 Å². The van der Waals surface area contributed by atoms with Crippen molar-refractivity contribution in [2.45, 2.75) is 198 Å². The molecule has 0 bridgehead atoms. The zero-order valence-electron chi connectivity index (χ0n) is 33.9. The summed E-state index contributed by atoms with van der Waals surface area (Å²) in [6, 6.07) is 0. The summed E-state index contributed by atoms with van der Waals surface area (Å²) < 4.78 is 16.8. The Bertz CT molecular complexity index is 488. The molecule has 0 heterocycles. The molecule has 0 radical (unpaired) electrons. The van der Waals surface area contributed by atoms with Crippen LogP contribution in [0.4, 0.5) is 0 Å². The SMILES string of the molecule is CCCC[N](CCCC)[Ta]([N](CCCC)CCCC)([N](CCCC)CCCC)([N](CCCC)CCCC)[N](CCCC)CCCC. The van der Waals surface area contributed by atoms with E-state index in [9.17, 15) is 0 Å². The minimum absolute atomic E-state index is 1.27. The van der Waals surface area contributed by atoms with Crippen LogP contribution in [0.25, 0.3) is 0 Å². The maximum atomic E-state index is 3.37. The van der Waals surface area contributed by atoms with Gasteiger partial charge in [-0.3, -0.25) is 0 Å². The van der Waals surface area contributed by atoms with Gasteiger partial charge in [-0.2, -0.15) is 0 Å². The summed E-state index contributed by atoms with van der Waals surface area (Å²) in [6.07, 6.45) is 26.1. The van der Waals surface area contributed by atoms with Crippen molar-refractivity contribution in [3.05, 3.63) is 0 Å². The molecule has 0 aromatic carbocycles. The fraction of sp³-hybridized carbons (Fsp3) is 1.00. The van der Waals surface area contributed by atoms with E-state index in [1.165, 1.54) is 194 Å². The van der Waals surface area contributed by atoms with Gasteiger partial charge in [-0.05, 0) is 0 Å². The van der Waals surface area contributed by atoms with Crippen molar-refractivity contribution in [3.63, 3.8) is 0 Å².